The molecule has 2 saturated heterocycles. The number of rotatable bonds is 8. The van der Waals surface area contributed by atoms with Crippen LogP contribution in [-0.2, 0) is 19.0 Å². The molecule has 0 saturated carbocycles. The van der Waals surface area contributed by atoms with Crippen molar-refractivity contribution in [2.45, 2.75) is 38.6 Å². The van der Waals surface area contributed by atoms with E-state index in [1.54, 1.807) is 19.3 Å². The Morgan fingerprint density at radius 1 is 1.24 bits per heavy atom. The number of imide groups is 1. The number of hydrogen-bond donors (Lipinski definition) is 2. The summed E-state index contributed by atoms with van der Waals surface area (Å²) >= 11 is 0. The zero-order chi connectivity index (χ0) is 29.4. The van der Waals surface area contributed by atoms with E-state index in [0.29, 0.717) is 18.4 Å². The standard InChI is InChI=1S/C29H30BFN2O8/c1-16(10-17-7-8-24(34)23(31)11-17)6-9-25-26-18(15-40-2)12-21-27(22(26)14-30(37)41-25)29(36)32(28(21)35)19-4-3-5-20(13-19)33(38)39/h3-5,7-8,10-11,13,21-22,25,27,34,37H,6,9,12,14-15H2,1-2H3/b16-10+/t21-,22+,25-,27-/m1/s1. The highest BCUT2D eigenvalue weighted by Crippen LogP contribution is 2.51. The number of nitro groups is 1. The minimum Gasteiger partial charge on any atom is -0.505 e. The summed E-state index contributed by atoms with van der Waals surface area (Å²) in [6.45, 7) is 2.11. The third-order valence-electron chi connectivity index (χ3n) is 8.11. The number of phenols is 1. The Hall–Kier alpha value is -3.87. The second-order valence-electron chi connectivity index (χ2n) is 10.8. The van der Waals surface area contributed by atoms with Gasteiger partial charge in [-0.2, -0.15) is 0 Å². The van der Waals surface area contributed by atoms with Crippen LogP contribution in [0, 0.1) is 33.7 Å². The average Bonchev–Trinajstić information content (AvgIpc) is 3.18. The SMILES string of the molecule is COCC1=C2[C@@H](CC/C(C)=C/c3ccc(O)c(F)c3)OB(O)C[C@@H]2[C@@H]2C(=O)N(c3cccc([N+](=O)[O-])c3)C(=O)[C@@H]2C1. The fourth-order valence-electron chi connectivity index (χ4n) is 6.40. The van der Waals surface area contributed by atoms with Gasteiger partial charge in [-0.1, -0.05) is 23.8 Å². The molecule has 3 aliphatic rings. The second kappa shape index (κ2) is 11.6. The van der Waals surface area contributed by atoms with Crippen molar-refractivity contribution in [2.75, 3.05) is 18.6 Å². The molecule has 0 aromatic heterocycles. The van der Waals surface area contributed by atoms with Gasteiger partial charge in [0.2, 0.25) is 11.8 Å². The molecular weight excluding hydrogens is 534 g/mol. The van der Waals surface area contributed by atoms with Crippen molar-refractivity contribution < 1.29 is 38.4 Å². The molecule has 41 heavy (non-hydrogen) atoms. The summed E-state index contributed by atoms with van der Waals surface area (Å²) in [7, 11) is 0.393. The molecule has 2 aliphatic heterocycles. The second-order valence-corrected chi connectivity index (χ2v) is 10.8. The maximum absolute atomic E-state index is 13.8. The average molecular weight is 564 g/mol. The van der Waals surface area contributed by atoms with Gasteiger partial charge in [-0.3, -0.25) is 19.7 Å². The Balaban J connectivity index is 1.43. The van der Waals surface area contributed by atoms with E-state index in [1.807, 2.05) is 6.92 Å². The third-order valence-corrected chi connectivity index (χ3v) is 8.11. The van der Waals surface area contributed by atoms with Gasteiger partial charge >= 0.3 is 7.12 Å². The van der Waals surface area contributed by atoms with Gasteiger partial charge < -0.3 is 19.5 Å². The van der Waals surface area contributed by atoms with Crippen LogP contribution in [0.5, 0.6) is 5.75 Å². The Kier molecular flexibility index (Phi) is 8.08. The number of benzene rings is 2. The fourth-order valence-corrected chi connectivity index (χ4v) is 6.40. The number of anilines is 1. The number of ether oxygens (including phenoxy) is 1. The van der Waals surface area contributed by atoms with Crippen molar-refractivity contribution in [3.8, 4) is 5.75 Å². The van der Waals surface area contributed by atoms with Crippen LogP contribution in [0.25, 0.3) is 6.08 Å². The van der Waals surface area contributed by atoms with Gasteiger partial charge in [-0.25, -0.2) is 9.29 Å². The minimum absolute atomic E-state index is 0.129. The first-order valence-corrected chi connectivity index (χ1v) is 13.4. The highest BCUT2D eigenvalue weighted by atomic mass is 19.1. The molecule has 0 spiro atoms. The number of carbonyl (C=O) groups is 2. The number of nitrogens with zero attached hydrogens (tertiary/aromatic N) is 2. The number of nitro benzene ring substituents is 1. The van der Waals surface area contributed by atoms with Crippen LogP contribution in [0.1, 0.15) is 31.7 Å². The van der Waals surface area contributed by atoms with E-state index >= 15 is 0 Å². The van der Waals surface area contributed by atoms with Crippen molar-refractivity contribution >= 4 is 36.4 Å². The number of phenolic OH excluding ortho intramolecular Hbond substituents is 1. The number of hydrogen-bond acceptors (Lipinski definition) is 8. The number of carbonyl (C=O) groups excluding carboxylic acids is 2. The van der Waals surface area contributed by atoms with Gasteiger partial charge in [0, 0.05) is 19.2 Å². The van der Waals surface area contributed by atoms with Crippen LogP contribution in [0.15, 0.2) is 59.2 Å². The number of aromatic hydroxyl groups is 1. The van der Waals surface area contributed by atoms with Gasteiger partial charge in [-0.05, 0) is 73.3 Å². The summed E-state index contributed by atoms with van der Waals surface area (Å²) in [4.78, 5) is 39.1. The molecule has 12 heteroatoms. The normalized spacial score (nSPS) is 24.5. The van der Waals surface area contributed by atoms with Crippen molar-refractivity contribution in [1.29, 1.82) is 0 Å². The molecule has 10 nitrogen and oxygen atoms in total. The molecule has 0 radical (unpaired) electrons. The van der Waals surface area contributed by atoms with E-state index < -0.39 is 59.3 Å². The van der Waals surface area contributed by atoms with E-state index in [1.165, 1.54) is 36.4 Å². The van der Waals surface area contributed by atoms with Crippen molar-refractivity contribution in [1.82, 2.24) is 0 Å². The largest absolute Gasteiger partial charge is 0.505 e. The maximum atomic E-state index is 13.8. The minimum atomic E-state index is -1.15. The van der Waals surface area contributed by atoms with Gasteiger partial charge in [0.15, 0.2) is 11.6 Å². The molecule has 2 aromatic rings. The number of amides is 2. The van der Waals surface area contributed by atoms with Gasteiger partial charge in [0.05, 0.1) is 35.2 Å². The molecule has 1 aliphatic carbocycles. The molecule has 214 valence electrons. The third kappa shape index (κ3) is 5.55. The predicted molar refractivity (Wildman–Crippen MR) is 148 cm³/mol. The monoisotopic (exact) mass is 564 g/mol. The van der Waals surface area contributed by atoms with Gasteiger partial charge in [0.25, 0.3) is 5.69 Å². The van der Waals surface area contributed by atoms with Gasteiger partial charge in [0.1, 0.15) is 0 Å². The van der Waals surface area contributed by atoms with Crippen LogP contribution >= 0.6 is 0 Å². The molecule has 0 unspecified atom stereocenters. The van der Waals surface area contributed by atoms with Gasteiger partial charge in [-0.15, -0.1) is 0 Å². The topological polar surface area (TPSA) is 139 Å². The van der Waals surface area contributed by atoms with Crippen molar-refractivity contribution in [2.24, 2.45) is 17.8 Å². The molecule has 2 aromatic carbocycles. The first-order valence-electron chi connectivity index (χ1n) is 13.4. The summed E-state index contributed by atoms with van der Waals surface area (Å²) in [5.74, 6) is -3.90. The van der Waals surface area contributed by atoms with E-state index in [0.717, 1.165) is 21.6 Å². The van der Waals surface area contributed by atoms with E-state index in [-0.39, 0.29) is 30.7 Å². The Morgan fingerprint density at radius 3 is 2.73 bits per heavy atom. The van der Waals surface area contributed by atoms with Crippen LogP contribution in [0.2, 0.25) is 6.32 Å². The number of fused-ring (bicyclic) bond motifs is 3. The summed E-state index contributed by atoms with van der Waals surface area (Å²) < 4.78 is 25.2. The Bertz CT molecular complexity index is 1460. The molecule has 2 heterocycles. The fraction of sp³-hybridized carbons (Fsp3) is 0.379. The number of halogens is 1. The van der Waals surface area contributed by atoms with E-state index in [9.17, 15) is 34.2 Å². The van der Waals surface area contributed by atoms with Crippen molar-refractivity contribution in [3.05, 3.63) is 80.7 Å². The maximum Gasteiger partial charge on any atom is 0.455 e. The molecule has 2 N–H and O–H groups in total. The molecule has 0 bridgehead atoms. The number of non-ortho nitro benzene ring substituents is 1. The molecule has 4 atom stereocenters. The molecular formula is C29H30BFN2O8. The van der Waals surface area contributed by atoms with Crippen LogP contribution in [0.3, 0.4) is 0 Å². The summed E-state index contributed by atoms with van der Waals surface area (Å²) in [6.07, 6.45) is 2.67. The highest BCUT2D eigenvalue weighted by molar-refractivity contribution is 6.43. The predicted octanol–water partition coefficient (Wildman–Crippen LogP) is 4.27. The van der Waals surface area contributed by atoms with Crippen LogP contribution < -0.4 is 4.90 Å². The van der Waals surface area contributed by atoms with Crippen LogP contribution in [0.4, 0.5) is 15.8 Å². The lowest BCUT2D eigenvalue weighted by atomic mass is 9.58. The lowest BCUT2D eigenvalue weighted by Gasteiger charge is -2.43. The smallest absolute Gasteiger partial charge is 0.455 e. The lowest BCUT2D eigenvalue weighted by Crippen LogP contribution is -2.46. The summed E-state index contributed by atoms with van der Waals surface area (Å²) in [6, 6.07) is 9.59. The highest BCUT2D eigenvalue weighted by Gasteiger charge is 2.57. The van der Waals surface area contributed by atoms with Crippen molar-refractivity contribution in [3.63, 3.8) is 0 Å². The lowest BCUT2D eigenvalue weighted by molar-refractivity contribution is -0.384. The Morgan fingerprint density at radius 2 is 2.02 bits per heavy atom. The van der Waals surface area contributed by atoms with E-state index in [4.69, 9.17) is 9.39 Å². The summed E-state index contributed by atoms with van der Waals surface area (Å²) in [5, 5.41) is 31.5. The first-order chi connectivity index (χ1) is 19.6. The quantitative estimate of drug-likeness (QED) is 0.159. The Labute approximate surface area is 236 Å². The molecule has 2 amide bonds. The first kappa shape index (κ1) is 28.7. The van der Waals surface area contributed by atoms with Crippen LogP contribution in [-0.4, -0.2) is 53.8 Å². The molecule has 5 rings (SSSR count). The number of methoxy groups -OCH3 is 1. The zero-order valence-corrected chi connectivity index (χ0v) is 22.7. The van der Waals surface area contributed by atoms with E-state index in [2.05, 4.69) is 0 Å². The molecule has 2 fully saturated rings. The zero-order valence-electron chi connectivity index (χ0n) is 22.7. The number of allylic oxidation sites excluding steroid dienone is 1. The summed E-state index contributed by atoms with van der Waals surface area (Å²) in [5.41, 5.74) is 3.13.